The maximum Gasteiger partial charge on any atom is 0.261 e. The molecule has 0 radical (unpaired) electrons. The number of aryl methyl sites for hydroxylation is 1. The maximum atomic E-state index is 12.4. The summed E-state index contributed by atoms with van der Waals surface area (Å²) in [6, 6.07) is 4.23. The quantitative estimate of drug-likeness (QED) is 0.753. The number of amides is 1. The van der Waals surface area contributed by atoms with E-state index < -0.39 is 9.05 Å². The largest absolute Gasteiger partial charge is 0.383 e. The number of ether oxygens (including phenoxy) is 1. The van der Waals surface area contributed by atoms with Crippen LogP contribution in [0.15, 0.2) is 23.1 Å². The minimum Gasteiger partial charge on any atom is -0.383 e. The number of carbonyl (C=O) groups excluding carboxylic acids is 1. The molecule has 0 atom stereocenters. The highest BCUT2D eigenvalue weighted by Crippen LogP contribution is 2.20. The van der Waals surface area contributed by atoms with Crippen LogP contribution in [0, 0.1) is 6.92 Å². The Balaban J connectivity index is 3.05. The molecule has 1 aromatic rings. The van der Waals surface area contributed by atoms with Gasteiger partial charge in [-0.3, -0.25) is 4.79 Å². The highest BCUT2D eigenvalue weighted by molar-refractivity contribution is 8.13. The molecule has 0 bridgehead atoms. The molecule has 0 aromatic heterocycles. The van der Waals surface area contributed by atoms with Crippen LogP contribution in [-0.2, 0) is 13.8 Å². The zero-order valence-corrected chi connectivity index (χ0v) is 13.3. The highest BCUT2D eigenvalue weighted by Gasteiger charge is 2.18. The summed E-state index contributed by atoms with van der Waals surface area (Å²) in [6.45, 7) is 5.05. The molecule has 0 spiro atoms. The first-order chi connectivity index (χ1) is 9.31. The van der Waals surface area contributed by atoms with E-state index in [2.05, 4.69) is 0 Å². The van der Waals surface area contributed by atoms with Gasteiger partial charge in [-0.1, -0.05) is 0 Å². The molecule has 0 unspecified atom stereocenters. The molecule has 20 heavy (non-hydrogen) atoms. The fourth-order valence-electron chi connectivity index (χ4n) is 1.80. The molecular formula is C13H18ClNO4S. The van der Waals surface area contributed by atoms with Crippen molar-refractivity contribution in [2.24, 2.45) is 0 Å². The third kappa shape index (κ3) is 4.19. The predicted octanol–water partition coefficient (Wildman–Crippen LogP) is 2.03. The van der Waals surface area contributed by atoms with Gasteiger partial charge in [-0.15, -0.1) is 0 Å². The van der Waals surface area contributed by atoms with Gasteiger partial charge in [0, 0.05) is 36.4 Å². The number of likely N-dealkylation sites (N-methyl/N-ethyl adjacent to an activating group) is 1. The van der Waals surface area contributed by atoms with Crippen LogP contribution in [0.3, 0.4) is 0 Å². The molecule has 0 aliphatic rings. The number of rotatable bonds is 6. The van der Waals surface area contributed by atoms with Gasteiger partial charge in [0.05, 0.1) is 11.5 Å². The van der Waals surface area contributed by atoms with Crippen LogP contribution in [0.5, 0.6) is 0 Å². The van der Waals surface area contributed by atoms with E-state index >= 15 is 0 Å². The number of halogens is 1. The van der Waals surface area contributed by atoms with Gasteiger partial charge in [0.15, 0.2) is 0 Å². The maximum absolute atomic E-state index is 12.4. The molecule has 0 aliphatic heterocycles. The van der Waals surface area contributed by atoms with Crippen LogP contribution < -0.4 is 0 Å². The van der Waals surface area contributed by atoms with E-state index in [1.165, 1.54) is 18.2 Å². The third-order valence-corrected chi connectivity index (χ3v) is 4.30. The lowest BCUT2D eigenvalue weighted by Gasteiger charge is -2.21. The number of hydrogen-bond acceptors (Lipinski definition) is 4. The number of hydrogen-bond donors (Lipinski definition) is 0. The van der Waals surface area contributed by atoms with E-state index in [4.69, 9.17) is 15.4 Å². The van der Waals surface area contributed by atoms with E-state index in [-0.39, 0.29) is 10.8 Å². The van der Waals surface area contributed by atoms with E-state index in [1.807, 2.05) is 6.92 Å². The van der Waals surface area contributed by atoms with Crippen LogP contribution in [0.1, 0.15) is 22.8 Å². The number of benzene rings is 1. The minimum atomic E-state index is -3.78. The Morgan fingerprint density at radius 3 is 2.50 bits per heavy atom. The molecule has 0 saturated carbocycles. The summed E-state index contributed by atoms with van der Waals surface area (Å²) in [7, 11) is 3.07. The van der Waals surface area contributed by atoms with Crippen molar-refractivity contribution < 1.29 is 17.9 Å². The van der Waals surface area contributed by atoms with Crippen LogP contribution in [-0.4, -0.2) is 46.0 Å². The summed E-state index contributed by atoms with van der Waals surface area (Å²) in [4.78, 5) is 14.0. The second kappa shape index (κ2) is 7.06. The third-order valence-electron chi connectivity index (χ3n) is 2.94. The van der Waals surface area contributed by atoms with Gasteiger partial charge >= 0.3 is 0 Å². The molecule has 0 fully saturated rings. The molecule has 1 aromatic carbocycles. The fourth-order valence-corrected chi connectivity index (χ4v) is 2.64. The Hall–Kier alpha value is -1.11. The van der Waals surface area contributed by atoms with E-state index in [9.17, 15) is 13.2 Å². The summed E-state index contributed by atoms with van der Waals surface area (Å²) in [6.07, 6.45) is 0. The molecule has 1 amide bonds. The first kappa shape index (κ1) is 16.9. The van der Waals surface area contributed by atoms with Crippen molar-refractivity contribution in [2.45, 2.75) is 18.7 Å². The summed E-state index contributed by atoms with van der Waals surface area (Å²) < 4.78 is 27.5. The Bertz CT molecular complexity index is 586. The molecule has 0 aliphatic carbocycles. The molecule has 7 heteroatoms. The summed E-state index contributed by atoms with van der Waals surface area (Å²) in [5.74, 6) is -0.152. The molecule has 5 nitrogen and oxygen atoms in total. The van der Waals surface area contributed by atoms with Crippen LogP contribution in [0.4, 0.5) is 0 Å². The number of nitrogens with zero attached hydrogens (tertiary/aromatic N) is 1. The highest BCUT2D eigenvalue weighted by atomic mass is 35.7. The monoisotopic (exact) mass is 319 g/mol. The number of carbonyl (C=O) groups is 1. The molecule has 0 N–H and O–H groups in total. The molecule has 0 heterocycles. The normalized spacial score (nSPS) is 11.4. The summed E-state index contributed by atoms with van der Waals surface area (Å²) in [5.41, 5.74) is 1.04. The second-order valence-corrected chi connectivity index (χ2v) is 6.86. The van der Waals surface area contributed by atoms with Crippen molar-refractivity contribution in [2.75, 3.05) is 26.8 Å². The Labute approximate surface area is 123 Å². The Morgan fingerprint density at radius 1 is 1.40 bits per heavy atom. The Morgan fingerprint density at radius 2 is 2.05 bits per heavy atom. The topological polar surface area (TPSA) is 63.7 Å². The molecule has 0 saturated heterocycles. The van der Waals surface area contributed by atoms with Gasteiger partial charge in [0.25, 0.3) is 15.0 Å². The lowest BCUT2D eigenvalue weighted by molar-refractivity contribution is 0.0705. The van der Waals surface area contributed by atoms with E-state index in [1.54, 1.807) is 18.9 Å². The smallest absolute Gasteiger partial charge is 0.261 e. The van der Waals surface area contributed by atoms with E-state index in [0.29, 0.717) is 30.8 Å². The SMILES string of the molecule is CCN(CCOC)C(=O)c1ccc(S(=O)(=O)Cl)cc1C. The molecular weight excluding hydrogens is 302 g/mol. The molecule has 1 rings (SSSR count). The van der Waals surface area contributed by atoms with Crippen molar-refractivity contribution in [3.05, 3.63) is 29.3 Å². The lowest BCUT2D eigenvalue weighted by Crippen LogP contribution is -2.34. The van der Waals surface area contributed by atoms with Gasteiger partial charge in [0.1, 0.15) is 0 Å². The zero-order chi connectivity index (χ0) is 15.3. The average Bonchev–Trinajstić information content (AvgIpc) is 2.38. The van der Waals surface area contributed by atoms with Crippen molar-refractivity contribution in [3.63, 3.8) is 0 Å². The molecule has 112 valence electrons. The van der Waals surface area contributed by atoms with Crippen molar-refractivity contribution in [1.82, 2.24) is 4.90 Å². The van der Waals surface area contributed by atoms with Gasteiger partial charge in [0.2, 0.25) is 0 Å². The van der Waals surface area contributed by atoms with Gasteiger partial charge < -0.3 is 9.64 Å². The minimum absolute atomic E-state index is 0.00634. The fraction of sp³-hybridized carbons (Fsp3) is 0.462. The van der Waals surface area contributed by atoms with Gasteiger partial charge in [-0.25, -0.2) is 8.42 Å². The van der Waals surface area contributed by atoms with Crippen molar-refractivity contribution in [3.8, 4) is 0 Å². The van der Waals surface area contributed by atoms with E-state index in [0.717, 1.165) is 0 Å². The van der Waals surface area contributed by atoms with Crippen LogP contribution in [0.2, 0.25) is 0 Å². The van der Waals surface area contributed by atoms with Crippen molar-refractivity contribution in [1.29, 1.82) is 0 Å². The standard InChI is InChI=1S/C13H18ClNO4S/c1-4-15(7-8-19-3)13(16)12-6-5-11(9-10(12)2)20(14,17)18/h5-6,9H,4,7-8H2,1-3H3. The lowest BCUT2D eigenvalue weighted by atomic mass is 10.1. The predicted molar refractivity (Wildman–Crippen MR) is 77.7 cm³/mol. The van der Waals surface area contributed by atoms with Gasteiger partial charge in [-0.05, 0) is 37.6 Å². The first-order valence-corrected chi connectivity index (χ1v) is 8.45. The summed E-state index contributed by atoms with van der Waals surface area (Å²) in [5, 5.41) is 0. The van der Waals surface area contributed by atoms with Crippen molar-refractivity contribution >= 4 is 25.6 Å². The summed E-state index contributed by atoms with van der Waals surface area (Å²) >= 11 is 0. The zero-order valence-electron chi connectivity index (χ0n) is 11.7. The Kier molecular flexibility index (Phi) is 5.98. The number of methoxy groups -OCH3 is 1. The van der Waals surface area contributed by atoms with Crippen LogP contribution >= 0.6 is 10.7 Å². The average molecular weight is 320 g/mol. The van der Waals surface area contributed by atoms with Gasteiger partial charge in [-0.2, -0.15) is 0 Å². The second-order valence-electron chi connectivity index (χ2n) is 4.29. The van der Waals surface area contributed by atoms with Crippen LogP contribution in [0.25, 0.3) is 0 Å². The first-order valence-electron chi connectivity index (χ1n) is 6.14.